The number of nitrogens with one attached hydrogen (secondary N) is 1. The van der Waals surface area contributed by atoms with E-state index < -0.39 is 12.0 Å². The molecule has 0 bridgehead atoms. The summed E-state index contributed by atoms with van der Waals surface area (Å²) in [5.41, 5.74) is 1.39. The first-order chi connectivity index (χ1) is 13.0. The van der Waals surface area contributed by atoms with E-state index in [0.717, 1.165) is 30.4 Å². The Hall–Kier alpha value is -2.63. The summed E-state index contributed by atoms with van der Waals surface area (Å²) in [4.78, 5) is 12.8. The van der Waals surface area contributed by atoms with E-state index in [-0.39, 0.29) is 17.4 Å². The van der Waals surface area contributed by atoms with Crippen LogP contribution in [0.15, 0.2) is 48.5 Å². The molecule has 0 heterocycles. The fraction of sp³-hybridized carbons (Fsp3) is 0.381. The van der Waals surface area contributed by atoms with Gasteiger partial charge >= 0.3 is 6.61 Å². The van der Waals surface area contributed by atoms with Gasteiger partial charge in [-0.2, -0.15) is 8.78 Å². The first-order valence-electron chi connectivity index (χ1n) is 9.01. The van der Waals surface area contributed by atoms with E-state index in [2.05, 4.69) is 10.1 Å². The smallest absolute Gasteiger partial charge is 0.387 e. The van der Waals surface area contributed by atoms with Crippen molar-refractivity contribution in [3.05, 3.63) is 59.7 Å². The first-order valence-corrected chi connectivity index (χ1v) is 9.01. The number of methoxy groups -OCH3 is 1. The van der Waals surface area contributed by atoms with Gasteiger partial charge in [0.25, 0.3) is 0 Å². The predicted molar refractivity (Wildman–Crippen MR) is 98.3 cm³/mol. The topological polar surface area (TPSA) is 47.6 Å². The lowest BCUT2D eigenvalue weighted by molar-refractivity contribution is -0.129. The van der Waals surface area contributed by atoms with Crippen LogP contribution >= 0.6 is 0 Å². The first kappa shape index (κ1) is 19.1. The van der Waals surface area contributed by atoms with Crippen LogP contribution in [0.1, 0.15) is 30.4 Å². The molecule has 4 nitrogen and oxygen atoms in total. The van der Waals surface area contributed by atoms with Crippen molar-refractivity contribution in [3.63, 3.8) is 0 Å². The zero-order valence-electron chi connectivity index (χ0n) is 15.2. The summed E-state index contributed by atoms with van der Waals surface area (Å²) < 4.78 is 34.6. The van der Waals surface area contributed by atoms with Gasteiger partial charge in [0.2, 0.25) is 5.91 Å². The number of carbonyl (C=O) groups is 1. The number of rotatable bonds is 8. The van der Waals surface area contributed by atoms with Gasteiger partial charge in [0, 0.05) is 6.54 Å². The quantitative estimate of drug-likeness (QED) is 0.756. The van der Waals surface area contributed by atoms with Crippen molar-refractivity contribution in [2.75, 3.05) is 13.7 Å². The standard InChI is InChI=1S/C21H23F2NO3/c1-26-17-9-8-15(14-18(17)27-20(22)23)10-13-24-19(25)21(11-5-12-21)16-6-3-2-4-7-16/h2-4,6-9,14,20H,5,10-13H2,1H3,(H,24,25). The number of carbonyl (C=O) groups excluding carboxylic acids is 1. The molecule has 27 heavy (non-hydrogen) atoms. The zero-order chi connectivity index (χ0) is 19.3. The van der Waals surface area contributed by atoms with Gasteiger partial charge in [-0.05, 0) is 42.5 Å². The number of amides is 1. The third-order valence-corrected chi connectivity index (χ3v) is 5.11. The third-order valence-electron chi connectivity index (χ3n) is 5.11. The Labute approximate surface area is 157 Å². The maximum atomic E-state index is 12.8. The molecule has 2 aromatic carbocycles. The van der Waals surface area contributed by atoms with E-state index in [1.54, 1.807) is 12.1 Å². The van der Waals surface area contributed by atoms with Crippen LogP contribution < -0.4 is 14.8 Å². The number of hydrogen-bond acceptors (Lipinski definition) is 3. The molecule has 1 fully saturated rings. The van der Waals surface area contributed by atoms with Crippen molar-refractivity contribution in [3.8, 4) is 11.5 Å². The van der Waals surface area contributed by atoms with E-state index in [0.29, 0.717) is 13.0 Å². The summed E-state index contributed by atoms with van der Waals surface area (Å²) in [6, 6.07) is 14.7. The second kappa shape index (κ2) is 8.37. The number of benzene rings is 2. The summed E-state index contributed by atoms with van der Waals surface area (Å²) in [5, 5.41) is 3.00. The molecule has 1 N–H and O–H groups in total. The van der Waals surface area contributed by atoms with Crippen molar-refractivity contribution >= 4 is 5.91 Å². The zero-order valence-corrected chi connectivity index (χ0v) is 15.2. The lowest BCUT2D eigenvalue weighted by atomic mass is 9.64. The van der Waals surface area contributed by atoms with Crippen LogP contribution in [0, 0.1) is 0 Å². The lowest BCUT2D eigenvalue weighted by Crippen LogP contribution is -2.49. The minimum atomic E-state index is -2.92. The van der Waals surface area contributed by atoms with Crippen LogP contribution in [0.3, 0.4) is 0 Å². The van der Waals surface area contributed by atoms with Crippen LogP contribution in [0.4, 0.5) is 8.78 Å². The van der Waals surface area contributed by atoms with Crippen molar-refractivity contribution < 1.29 is 23.0 Å². The highest BCUT2D eigenvalue weighted by molar-refractivity contribution is 5.89. The molecule has 0 saturated heterocycles. The third kappa shape index (κ3) is 4.21. The molecule has 3 rings (SSSR count). The number of ether oxygens (including phenoxy) is 2. The molecule has 0 atom stereocenters. The molecule has 0 aliphatic heterocycles. The fourth-order valence-electron chi connectivity index (χ4n) is 3.49. The van der Waals surface area contributed by atoms with E-state index >= 15 is 0 Å². The number of halogens is 2. The SMILES string of the molecule is COc1ccc(CCNC(=O)C2(c3ccccc3)CCC2)cc1OC(F)F. The highest BCUT2D eigenvalue weighted by Crippen LogP contribution is 2.43. The Morgan fingerprint density at radius 1 is 1.15 bits per heavy atom. The summed E-state index contributed by atoms with van der Waals surface area (Å²) in [7, 11) is 1.40. The maximum absolute atomic E-state index is 12.8. The van der Waals surface area contributed by atoms with Crippen molar-refractivity contribution in [1.29, 1.82) is 0 Å². The van der Waals surface area contributed by atoms with E-state index in [1.807, 2.05) is 30.3 Å². The van der Waals surface area contributed by atoms with Crippen molar-refractivity contribution in [2.24, 2.45) is 0 Å². The van der Waals surface area contributed by atoms with Gasteiger partial charge in [0.1, 0.15) is 0 Å². The molecule has 0 radical (unpaired) electrons. The fourth-order valence-corrected chi connectivity index (χ4v) is 3.49. The molecule has 1 aliphatic rings. The molecule has 2 aromatic rings. The molecule has 1 saturated carbocycles. The van der Waals surface area contributed by atoms with Gasteiger partial charge in [-0.15, -0.1) is 0 Å². The van der Waals surface area contributed by atoms with Crippen LogP contribution in [-0.4, -0.2) is 26.2 Å². The summed E-state index contributed by atoms with van der Waals surface area (Å²) in [5.74, 6) is 0.272. The Bertz CT molecular complexity index is 776. The highest BCUT2D eigenvalue weighted by atomic mass is 19.3. The maximum Gasteiger partial charge on any atom is 0.387 e. The summed E-state index contributed by atoms with van der Waals surface area (Å²) >= 11 is 0. The molecule has 0 unspecified atom stereocenters. The molecular weight excluding hydrogens is 352 g/mol. The minimum Gasteiger partial charge on any atom is -0.493 e. The Kier molecular flexibility index (Phi) is 5.94. The normalized spacial score (nSPS) is 15.1. The van der Waals surface area contributed by atoms with Gasteiger partial charge in [0.05, 0.1) is 12.5 Å². The van der Waals surface area contributed by atoms with Gasteiger partial charge in [-0.1, -0.05) is 42.8 Å². The summed E-state index contributed by atoms with van der Waals surface area (Å²) in [6.45, 7) is -2.49. The van der Waals surface area contributed by atoms with Gasteiger partial charge < -0.3 is 14.8 Å². The molecular formula is C21H23F2NO3. The molecule has 6 heteroatoms. The monoisotopic (exact) mass is 375 g/mol. The van der Waals surface area contributed by atoms with E-state index in [4.69, 9.17) is 4.74 Å². The average molecular weight is 375 g/mol. The second-order valence-corrected chi connectivity index (χ2v) is 6.67. The Balaban J connectivity index is 1.62. The highest BCUT2D eigenvalue weighted by Gasteiger charge is 2.45. The van der Waals surface area contributed by atoms with Gasteiger partial charge in [-0.3, -0.25) is 4.79 Å². The van der Waals surface area contributed by atoms with E-state index in [9.17, 15) is 13.6 Å². The van der Waals surface area contributed by atoms with E-state index in [1.165, 1.54) is 13.2 Å². The molecule has 1 aliphatic carbocycles. The molecule has 1 amide bonds. The van der Waals surface area contributed by atoms with Crippen LogP contribution in [0.5, 0.6) is 11.5 Å². The van der Waals surface area contributed by atoms with Crippen LogP contribution in [-0.2, 0) is 16.6 Å². The molecule has 0 spiro atoms. The predicted octanol–water partition coefficient (Wildman–Crippen LogP) is 4.08. The van der Waals surface area contributed by atoms with Crippen LogP contribution in [0.2, 0.25) is 0 Å². The Morgan fingerprint density at radius 2 is 1.89 bits per heavy atom. The summed E-state index contributed by atoms with van der Waals surface area (Å²) in [6.07, 6.45) is 3.24. The van der Waals surface area contributed by atoms with Crippen molar-refractivity contribution in [1.82, 2.24) is 5.32 Å². The molecule has 144 valence electrons. The second-order valence-electron chi connectivity index (χ2n) is 6.67. The number of hydrogen-bond donors (Lipinski definition) is 1. The van der Waals surface area contributed by atoms with Crippen LogP contribution in [0.25, 0.3) is 0 Å². The lowest BCUT2D eigenvalue weighted by Gasteiger charge is -2.40. The van der Waals surface area contributed by atoms with Gasteiger partial charge in [-0.25, -0.2) is 0 Å². The largest absolute Gasteiger partial charge is 0.493 e. The molecule has 0 aromatic heterocycles. The van der Waals surface area contributed by atoms with Gasteiger partial charge in [0.15, 0.2) is 11.5 Å². The number of alkyl halides is 2. The Morgan fingerprint density at radius 3 is 2.48 bits per heavy atom. The average Bonchev–Trinajstić information content (AvgIpc) is 2.61. The van der Waals surface area contributed by atoms with Crippen molar-refractivity contribution in [2.45, 2.75) is 37.7 Å². The minimum absolute atomic E-state index is 0.00363.